The maximum Gasteiger partial charge on any atom is 0.219 e. The molecular weight excluding hydrogens is 474 g/mol. The number of fused-ring (bicyclic) bond motifs is 1. The third-order valence-corrected chi connectivity index (χ3v) is 6.05. The Balaban J connectivity index is 1.88. The summed E-state index contributed by atoms with van der Waals surface area (Å²) < 4.78 is 5.17. The summed E-state index contributed by atoms with van der Waals surface area (Å²) in [6.07, 6.45) is 1.40. The molecule has 0 saturated carbocycles. The second-order valence-corrected chi connectivity index (χ2v) is 8.17. The highest BCUT2D eigenvalue weighted by molar-refractivity contribution is 7.80. The fourth-order valence-electron chi connectivity index (χ4n) is 4.00. The van der Waals surface area contributed by atoms with E-state index in [1.54, 1.807) is 67.8 Å². The summed E-state index contributed by atoms with van der Waals surface area (Å²) in [6.45, 7) is 0. The third kappa shape index (κ3) is 4.09. The first-order valence-corrected chi connectivity index (χ1v) is 11.2. The van der Waals surface area contributed by atoms with E-state index in [4.69, 9.17) is 17.0 Å². The van der Waals surface area contributed by atoms with E-state index in [1.165, 1.54) is 18.3 Å². The molecule has 0 aromatic heterocycles. The second kappa shape index (κ2) is 10.2. The Kier molecular flexibility index (Phi) is 6.86. The number of para-hydroxylation sites is 1. The molecule has 1 N–H and O–H groups in total. The molecule has 0 fully saturated rings. The van der Waals surface area contributed by atoms with Crippen LogP contribution in [0.25, 0.3) is 0 Å². The molecule has 9 heteroatoms. The zero-order valence-electron chi connectivity index (χ0n) is 19.1. The van der Waals surface area contributed by atoms with Crippen molar-refractivity contribution in [1.29, 1.82) is 10.5 Å². The summed E-state index contributed by atoms with van der Waals surface area (Å²) in [6, 6.07) is 25.6. The van der Waals surface area contributed by atoms with Gasteiger partial charge >= 0.3 is 0 Å². The lowest BCUT2D eigenvalue weighted by Gasteiger charge is -2.36. The number of thiocarbonyl (C=S) groups is 1. The summed E-state index contributed by atoms with van der Waals surface area (Å²) >= 11 is 5.61. The van der Waals surface area contributed by atoms with Gasteiger partial charge in [0.2, 0.25) is 17.1 Å². The molecule has 176 valence electrons. The van der Waals surface area contributed by atoms with Crippen LogP contribution in [-0.4, -0.2) is 40.6 Å². The van der Waals surface area contributed by atoms with Crippen LogP contribution in [0.4, 0.5) is 5.69 Å². The van der Waals surface area contributed by atoms with Crippen LogP contribution in [0.5, 0.6) is 5.75 Å². The fraction of sp³-hybridized carbons (Fsp3) is 0.111. The lowest BCUT2D eigenvalue weighted by Crippen LogP contribution is -2.62. The van der Waals surface area contributed by atoms with Gasteiger partial charge in [-0.2, -0.15) is 15.6 Å². The van der Waals surface area contributed by atoms with Crippen LogP contribution in [0.2, 0.25) is 0 Å². The van der Waals surface area contributed by atoms with Gasteiger partial charge in [-0.1, -0.05) is 42.5 Å². The van der Waals surface area contributed by atoms with Gasteiger partial charge in [-0.05, 0) is 54.2 Å². The predicted octanol–water partition coefficient (Wildman–Crippen LogP) is 4.21. The van der Waals surface area contributed by atoms with Crippen molar-refractivity contribution in [2.24, 2.45) is 11.0 Å². The molecule has 0 aliphatic heterocycles. The number of hydrogen-bond acceptors (Lipinski definition) is 7. The second-order valence-electron chi connectivity index (χ2n) is 7.79. The van der Waals surface area contributed by atoms with Crippen molar-refractivity contribution >= 4 is 40.8 Å². The number of Topliss-reactive ketones (excluding diaryl/α,β-unsaturated/α-hetero) is 2. The number of nitrogens with one attached hydrogen (secondary N) is 1. The summed E-state index contributed by atoms with van der Waals surface area (Å²) in [5, 5.41) is 28.0. The number of ketones is 2. The fourth-order valence-corrected chi connectivity index (χ4v) is 4.31. The Bertz CT molecular complexity index is 1390. The van der Waals surface area contributed by atoms with Crippen LogP contribution in [0.15, 0.2) is 84.0 Å². The number of carbonyl (C=O) groups excluding carboxylic acids is 2. The molecule has 1 aliphatic carbocycles. The van der Waals surface area contributed by atoms with Crippen LogP contribution in [0.3, 0.4) is 0 Å². The third-order valence-electron chi connectivity index (χ3n) is 5.77. The topological polar surface area (TPSA) is 119 Å². The van der Waals surface area contributed by atoms with Crippen molar-refractivity contribution in [3.05, 3.63) is 95.6 Å². The first kappa shape index (κ1) is 24.3. The Hall–Kier alpha value is -4.86. The number of hydrazone groups is 1. The summed E-state index contributed by atoms with van der Waals surface area (Å²) in [5.74, 6) is -2.51. The maximum absolute atomic E-state index is 13.8. The average Bonchev–Trinajstić information content (AvgIpc) is 3.13. The zero-order chi connectivity index (χ0) is 25.7. The SMILES string of the molecule is COc1ccc(/C=N/N(C(=S)Nc2ccccc2)C2(C(C#N)C#N)C(=O)c3ccccc3C2=O)cc1. The molecule has 0 unspecified atom stereocenters. The molecule has 0 bridgehead atoms. The van der Waals surface area contributed by atoms with E-state index < -0.39 is 23.0 Å². The molecule has 4 rings (SSSR count). The number of ether oxygens (including phenoxy) is 1. The van der Waals surface area contributed by atoms with Gasteiger partial charge in [0.1, 0.15) is 5.75 Å². The van der Waals surface area contributed by atoms with E-state index in [2.05, 4.69) is 10.4 Å². The number of benzene rings is 3. The smallest absolute Gasteiger partial charge is 0.219 e. The summed E-state index contributed by atoms with van der Waals surface area (Å²) in [4.78, 5) is 27.7. The lowest BCUT2D eigenvalue weighted by atomic mass is 9.80. The van der Waals surface area contributed by atoms with Crippen LogP contribution < -0.4 is 10.1 Å². The number of nitrogens with zero attached hydrogens (tertiary/aromatic N) is 4. The predicted molar refractivity (Wildman–Crippen MR) is 138 cm³/mol. The largest absolute Gasteiger partial charge is 0.497 e. The number of anilines is 1. The van der Waals surface area contributed by atoms with Crippen molar-refractivity contribution in [3.8, 4) is 17.9 Å². The van der Waals surface area contributed by atoms with E-state index in [1.807, 2.05) is 18.2 Å². The molecule has 0 heterocycles. The molecular formula is C27H19N5O3S. The van der Waals surface area contributed by atoms with Gasteiger partial charge in [-0.15, -0.1) is 0 Å². The number of carbonyl (C=O) groups is 2. The van der Waals surface area contributed by atoms with E-state index in [-0.39, 0.29) is 16.2 Å². The Morgan fingerprint density at radius 3 is 2.06 bits per heavy atom. The van der Waals surface area contributed by atoms with Gasteiger partial charge < -0.3 is 10.1 Å². The van der Waals surface area contributed by atoms with Gasteiger partial charge in [-0.3, -0.25) is 9.59 Å². The number of rotatable bonds is 6. The molecule has 0 radical (unpaired) electrons. The maximum atomic E-state index is 13.8. The van der Waals surface area contributed by atoms with E-state index in [9.17, 15) is 20.1 Å². The van der Waals surface area contributed by atoms with E-state index in [0.717, 1.165) is 5.01 Å². The summed E-state index contributed by atoms with van der Waals surface area (Å²) in [7, 11) is 1.54. The Morgan fingerprint density at radius 1 is 0.972 bits per heavy atom. The van der Waals surface area contributed by atoms with Gasteiger partial charge in [0.25, 0.3) is 0 Å². The number of methoxy groups -OCH3 is 1. The lowest BCUT2D eigenvalue weighted by molar-refractivity contribution is 0.0597. The number of hydrogen-bond donors (Lipinski definition) is 1. The van der Waals surface area contributed by atoms with Gasteiger partial charge in [0.15, 0.2) is 11.0 Å². The minimum absolute atomic E-state index is 0.102. The molecule has 8 nitrogen and oxygen atoms in total. The molecule has 0 amide bonds. The molecule has 1 aliphatic rings. The standard InChI is InChI=1S/C27H19N5O3S/c1-35-21-13-11-18(12-14-21)17-30-32(26(36)31-20-7-3-2-4-8-20)27(19(15-28)16-29)24(33)22-9-5-6-10-23(22)25(27)34/h2-14,17,19H,1H3,(H,31,36)/b30-17+. The van der Waals surface area contributed by atoms with Gasteiger partial charge in [0, 0.05) is 16.8 Å². The van der Waals surface area contributed by atoms with Crippen molar-refractivity contribution in [1.82, 2.24) is 5.01 Å². The van der Waals surface area contributed by atoms with Gasteiger partial charge in [-0.25, -0.2) is 5.01 Å². The first-order valence-electron chi connectivity index (χ1n) is 10.8. The first-order chi connectivity index (χ1) is 17.5. The Labute approximate surface area is 213 Å². The minimum atomic E-state index is -2.31. The molecule has 36 heavy (non-hydrogen) atoms. The van der Waals surface area contributed by atoms with Crippen LogP contribution in [-0.2, 0) is 0 Å². The van der Waals surface area contributed by atoms with Gasteiger partial charge in [0.05, 0.1) is 25.5 Å². The molecule has 3 aromatic rings. The molecule has 0 atom stereocenters. The Morgan fingerprint density at radius 2 is 1.53 bits per heavy atom. The molecule has 0 saturated heterocycles. The molecule has 0 spiro atoms. The van der Waals surface area contributed by atoms with Crippen molar-refractivity contribution in [3.63, 3.8) is 0 Å². The zero-order valence-corrected chi connectivity index (χ0v) is 19.9. The van der Waals surface area contributed by atoms with Crippen molar-refractivity contribution in [2.45, 2.75) is 5.54 Å². The monoisotopic (exact) mass is 493 g/mol. The number of nitriles is 2. The van der Waals surface area contributed by atoms with E-state index >= 15 is 0 Å². The van der Waals surface area contributed by atoms with Crippen LogP contribution in [0.1, 0.15) is 26.3 Å². The minimum Gasteiger partial charge on any atom is -0.497 e. The average molecular weight is 494 g/mol. The molecule has 3 aromatic carbocycles. The highest BCUT2D eigenvalue weighted by atomic mass is 32.1. The quantitative estimate of drug-likeness (QED) is 0.235. The van der Waals surface area contributed by atoms with Crippen LogP contribution >= 0.6 is 12.2 Å². The highest BCUT2D eigenvalue weighted by Crippen LogP contribution is 2.40. The van der Waals surface area contributed by atoms with Crippen LogP contribution in [0, 0.1) is 28.6 Å². The van der Waals surface area contributed by atoms with E-state index in [0.29, 0.717) is 17.0 Å². The normalized spacial score (nSPS) is 13.7. The van der Waals surface area contributed by atoms with Crippen molar-refractivity contribution < 1.29 is 14.3 Å². The summed E-state index contributed by atoms with van der Waals surface area (Å²) in [5.41, 5.74) is -0.924. The van der Waals surface area contributed by atoms with Crippen molar-refractivity contribution in [2.75, 3.05) is 12.4 Å². The highest BCUT2D eigenvalue weighted by Gasteiger charge is 2.63.